The molecule has 10 heteroatoms. The van der Waals surface area contributed by atoms with Crippen molar-refractivity contribution in [2.45, 2.75) is 17.9 Å². The highest BCUT2D eigenvalue weighted by Gasteiger charge is 2.18. The van der Waals surface area contributed by atoms with Crippen molar-refractivity contribution >= 4 is 32.7 Å². The van der Waals surface area contributed by atoms with E-state index in [0.717, 1.165) is 4.31 Å². The van der Waals surface area contributed by atoms with Crippen LogP contribution in [0.5, 0.6) is 11.5 Å². The third-order valence-corrected chi connectivity index (χ3v) is 7.91. The van der Waals surface area contributed by atoms with Gasteiger partial charge in [-0.15, -0.1) is 0 Å². The molecule has 0 saturated heterocycles. The minimum absolute atomic E-state index is 0.0850. The molecule has 0 saturated carbocycles. The number of ether oxygens (including phenoxy) is 1. The monoisotopic (exact) mass is 535 g/mol. The summed E-state index contributed by atoms with van der Waals surface area (Å²) in [6.45, 7) is -0.0850. The fourth-order valence-electron chi connectivity index (χ4n) is 3.88. The van der Waals surface area contributed by atoms with Crippen LogP contribution in [0.25, 0.3) is 10.8 Å². The van der Waals surface area contributed by atoms with E-state index in [1.54, 1.807) is 30.3 Å². The molecule has 0 atom stereocenters. The number of carboxylic acids is 1. The molecule has 0 aliphatic heterocycles. The van der Waals surface area contributed by atoms with Crippen LogP contribution >= 0.6 is 0 Å². The minimum atomic E-state index is -3.56. The van der Waals surface area contributed by atoms with Gasteiger partial charge in [-0.3, -0.25) is 0 Å². The van der Waals surface area contributed by atoms with Gasteiger partial charge in [0, 0.05) is 31.5 Å². The Bertz CT molecular complexity index is 1630. The van der Waals surface area contributed by atoms with Crippen LogP contribution in [-0.4, -0.2) is 54.1 Å². The quantitative estimate of drug-likeness (QED) is 0.286. The summed E-state index contributed by atoms with van der Waals surface area (Å²) in [6, 6.07) is 18.1. The summed E-state index contributed by atoms with van der Waals surface area (Å²) in [5, 5.41) is 31.3. The molecule has 0 unspecified atom stereocenters. The van der Waals surface area contributed by atoms with Crippen LogP contribution in [-0.2, 0) is 27.8 Å². The van der Waals surface area contributed by atoms with Crippen LogP contribution in [0.3, 0.4) is 0 Å². The Hall–Kier alpha value is -4.41. The fourth-order valence-corrected chi connectivity index (χ4v) is 4.78. The third-order valence-electron chi connectivity index (χ3n) is 6.09. The van der Waals surface area contributed by atoms with Gasteiger partial charge in [-0.25, -0.2) is 22.3 Å². The number of sulfonamides is 1. The number of carbonyl (C=O) groups excluding carboxylic acids is 1. The Kier molecular flexibility index (Phi) is 7.38. The molecule has 0 amide bonds. The molecule has 38 heavy (non-hydrogen) atoms. The SMILES string of the molecule is CN(C)S(=O)(=O)c1ccc(COC(=O)c2ccc3cc(O)c(Cc4ccc(C(=O)O)cc4)c(O)c3c2)cc1. The fraction of sp³-hybridized carbons (Fsp3) is 0.143. The average Bonchev–Trinajstić information content (AvgIpc) is 2.90. The first-order valence-corrected chi connectivity index (χ1v) is 12.9. The summed E-state index contributed by atoms with van der Waals surface area (Å²) < 4.78 is 30.9. The normalized spacial score (nSPS) is 11.6. The van der Waals surface area contributed by atoms with Crippen molar-refractivity contribution in [3.05, 3.63) is 101 Å². The molecule has 4 rings (SSSR count). The number of hydrogen-bond acceptors (Lipinski definition) is 7. The Morgan fingerprint density at radius 2 is 1.45 bits per heavy atom. The highest BCUT2D eigenvalue weighted by molar-refractivity contribution is 7.89. The van der Waals surface area contributed by atoms with Crippen molar-refractivity contribution in [3.63, 3.8) is 0 Å². The second-order valence-corrected chi connectivity index (χ2v) is 11.0. The Morgan fingerprint density at radius 1 is 0.842 bits per heavy atom. The summed E-state index contributed by atoms with van der Waals surface area (Å²) >= 11 is 0. The summed E-state index contributed by atoms with van der Waals surface area (Å²) in [6.07, 6.45) is 0.141. The van der Waals surface area contributed by atoms with Crippen molar-refractivity contribution in [2.24, 2.45) is 0 Å². The van der Waals surface area contributed by atoms with E-state index in [1.807, 2.05) is 0 Å². The minimum Gasteiger partial charge on any atom is -0.507 e. The predicted molar refractivity (Wildman–Crippen MR) is 140 cm³/mol. The molecule has 4 aromatic carbocycles. The van der Waals surface area contributed by atoms with Gasteiger partial charge in [0.15, 0.2) is 0 Å². The number of carboxylic acid groups (broad SMARTS) is 1. The van der Waals surface area contributed by atoms with Crippen LogP contribution in [0.2, 0.25) is 0 Å². The number of benzene rings is 4. The Morgan fingerprint density at radius 3 is 2.05 bits per heavy atom. The number of rotatable bonds is 8. The van der Waals surface area contributed by atoms with E-state index in [9.17, 15) is 28.2 Å². The molecule has 0 aliphatic rings. The van der Waals surface area contributed by atoms with Gasteiger partial charge in [-0.1, -0.05) is 30.3 Å². The maximum atomic E-state index is 12.7. The lowest BCUT2D eigenvalue weighted by Crippen LogP contribution is -2.22. The topological polar surface area (TPSA) is 141 Å². The van der Waals surface area contributed by atoms with Gasteiger partial charge in [0.05, 0.1) is 16.0 Å². The van der Waals surface area contributed by atoms with Gasteiger partial charge >= 0.3 is 11.9 Å². The summed E-state index contributed by atoms with van der Waals surface area (Å²) in [5.74, 6) is -2.03. The largest absolute Gasteiger partial charge is 0.507 e. The second kappa shape index (κ2) is 10.5. The number of carbonyl (C=O) groups is 2. The molecular weight excluding hydrogens is 510 g/mol. The number of fused-ring (bicyclic) bond motifs is 1. The van der Waals surface area contributed by atoms with Crippen LogP contribution < -0.4 is 0 Å². The molecule has 0 aliphatic carbocycles. The summed E-state index contributed by atoms with van der Waals surface area (Å²) in [7, 11) is -0.685. The number of esters is 1. The van der Waals surface area contributed by atoms with Gasteiger partial charge in [0.2, 0.25) is 10.0 Å². The summed E-state index contributed by atoms with van der Waals surface area (Å²) in [5.41, 5.74) is 1.82. The van der Waals surface area contributed by atoms with Crippen LogP contribution in [0.15, 0.2) is 77.7 Å². The molecule has 0 fully saturated rings. The zero-order valence-corrected chi connectivity index (χ0v) is 21.4. The first-order valence-electron chi connectivity index (χ1n) is 11.5. The Labute approximate surface area is 219 Å². The van der Waals surface area contributed by atoms with E-state index in [4.69, 9.17) is 9.84 Å². The molecular formula is C28H25NO8S. The number of aromatic carboxylic acids is 1. The molecule has 4 aromatic rings. The molecule has 0 aromatic heterocycles. The zero-order valence-electron chi connectivity index (χ0n) is 20.6. The standard InChI is InChI=1S/C28H25NO8S/c1-29(2)38(35,36)22-11-5-18(6-12-22)16-37-28(34)21-10-9-20-15-25(30)24(26(31)23(20)14-21)13-17-3-7-19(8-4-17)27(32)33/h3-12,14-15,30-31H,13,16H2,1-2H3,(H,32,33). The van der Waals surface area contributed by atoms with Gasteiger partial charge in [-0.2, -0.15) is 0 Å². The van der Waals surface area contributed by atoms with E-state index < -0.39 is 22.0 Å². The first kappa shape index (κ1) is 26.6. The van der Waals surface area contributed by atoms with Crippen molar-refractivity contribution < 1.29 is 38.1 Å². The highest BCUT2D eigenvalue weighted by atomic mass is 32.2. The molecule has 3 N–H and O–H groups in total. The van der Waals surface area contributed by atoms with E-state index >= 15 is 0 Å². The molecule has 0 radical (unpaired) electrons. The second-order valence-electron chi connectivity index (χ2n) is 8.85. The van der Waals surface area contributed by atoms with Crippen LogP contribution in [0.1, 0.15) is 37.4 Å². The van der Waals surface area contributed by atoms with E-state index in [0.29, 0.717) is 21.9 Å². The van der Waals surface area contributed by atoms with Gasteiger partial charge in [-0.05, 0) is 59.0 Å². The van der Waals surface area contributed by atoms with Crippen LogP contribution in [0, 0.1) is 0 Å². The van der Waals surface area contributed by atoms with Crippen molar-refractivity contribution in [3.8, 4) is 11.5 Å². The number of aromatic hydroxyl groups is 2. The number of nitrogens with zero attached hydrogens (tertiary/aromatic N) is 1. The lowest BCUT2D eigenvalue weighted by molar-refractivity contribution is 0.0472. The average molecular weight is 536 g/mol. The van der Waals surface area contributed by atoms with Crippen molar-refractivity contribution in [1.82, 2.24) is 4.31 Å². The predicted octanol–water partition coefficient (Wildman–Crippen LogP) is 4.15. The van der Waals surface area contributed by atoms with Crippen molar-refractivity contribution in [2.75, 3.05) is 14.1 Å². The molecule has 196 valence electrons. The number of hydrogen-bond donors (Lipinski definition) is 3. The van der Waals surface area contributed by atoms with Gasteiger partial charge in [0.1, 0.15) is 18.1 Å². The van der Waals surface area contributed by atoms with E-state index in [-0.39, 0.29) is 46.1 Å². The third kappa shape index (κ3) is 5.46. The summed E-state index contributed by atoms with van der Waals surface area (Å²) in [4.78, 5) is 23.9. The molecule has 9 nitrogen and oxygen atoms in total. The maximum absolute atomic E-state index is 12.7. The smallest absolute Gasteiger partial charge is 0.338 e. The van der Waals surface area contributed by atoms with E-state index in [1.165, 1.54) is 56.6 Å². The zero-order chi connectivity index (χ0) is 27.6. The van der Waals surface area contributed by atoms with Gasteiger partial charge < -0.3 is 20.1 Å². The number of phenols is 2. The number of phenolic OH excluding ortho intramolecular Hbond substituents is 2. The van der Waals surface area contributed by atoms with Crippen LogP contribution in [0.4, 0.5) is 0 Å². The molecule has 0 spiro atoms. The Balaban J connectivity index is 1.53. The first-order chi connectivity index (χ1) is 18.0. The molecule has 0 bridgehead atoms. The van der Waals surface area contributed by atoms with E-state index in [2.05, 4.69) is 0 Å². The lowest BCUT2D eigenvalue weighted by Gasteiger charge is -2.13. The van der Waals surface area contributed by atoms with Crippen molar-refractivity contribution in [1.29, 1.82) is 0 Å². The highest BCUT2D eigenvalue weighted by Crippen LogP contribution is 2.37. The van der Waals surface area contributed by atoms with Gasteiger partial charge in [0.25, 0.3) is 0 Å². The lowest BCUT2D eigenvalue weighted by atomic mass is 9.97. The maximum Gasteiger partial charge on any atom is 0.338 e. The molecule has 0 heterocycles.